The third-order valence-corrected chi connectivity index (χ3v) is 4.15. The Hall–Kier alpha value is -1.03. The molecule has 0 saturated heterocycles. The minimum Gasteiger partial charge on any atom is -0.350 e. The summed E-state index contributed by atoms with van der Waals surface area (Å²) in [5.41, 5.74) is 2.22. The maximum absolute atomic E-state index is 12.3. The highest BCUT2D eigenvalue weighted by atomic mass is 79.9. The zero-order valence-corrected chi connectivity index (χ0v) is 13.9. The molecule has 20 heavy (non-hydrogen) atoms. The SMILES string of the molecule is CC(C)n1cc(Br)cc1C(=O)NCCC1=CCCCC1. The van der Waals surface area contributed by atoms with Crippen molar-refractivity contribution in [2.24, 2.45) is 0 Å². The zero-order chi connectivity index (χ0) is 14.5. The van der Waals surface area contributed by atoms with Crippen LogP contribution in [0.3, 0.4) is 0 Å². The third-order valence-electron chi connectivity index (χ3n) is 3.72. The molecule has 0 aromatic carbocycles. The van der Waals surface area contributed by atoms with Crippen molar-refractivity contribution >= 4 is 21.8 Å². The number of amides is 1. The smallest absolute Gasteiger partial charge is 0.267 e. The molecule has 0 spiro atoms. The minimum absolute atomic E-state index is 0.0146. The number of nitrogens with zero attached hydrogens (tertiary/aromatic N) is 1. The summed E-state index contributed by atoms with van der Waals surface area (Å²) in [5, 5.41) is 3.03. The summed E-state index contributed by atoms with van der Waals surface area (Å²) in [6.45, 7) is 4.89. The highest BCUT2D eigenvalue weighted by molar-refractivity contribution is 9.10. The lowest BCUT2D eigenvalue weighted by Gasteiger charge is -2.14. The predicted octanol–water partition coefficient (Wildman–Crippen LogP) is 4.45. The monoisotopic (exact) mass is 338 g/mol. The van der Waals surface area contributed by atoms with Gasteiger partial charge in [0.25, 0.3) is 5.91 Å². The molecule has 0 aliphatic heterocycles. The van der Waals surface area contributed by atoms with Gasteiger partial charge in [0, 0.05) is 23.3 Å². The highest BCUT2D eigenvalue weighted by Crippen LogP contribution is 2.21. The van der Waals surface area contributed by atoms with E-state index in [2.05, 4.69) is 41.2 Å². The molecular weight excluding hydrogens is 316 g/mol. The van der Waals surface area contributed by atoms with Crippen LogP contribution in [0.1, 0.15) is 62.5 Å². The average Bonchev–Trinajstić information content (AvgIpc) is 2.82. The molecule has 1 aliphatic rings. The highest BCUT2D eigenvalue weighted by Gasteiger charge is 2.14. The topological polar surface area (TPSA) is 34.0 Å². The Bertz CT molecular complexity index is 503. The van der Waals surface area contributed by atoms with Gasteiger partial charge in [0.1, 0.15) is 5.69 Å². The Labute approximate surface area is 129 Å². The van der Waals surface area contributed by atoms with Crippen LogP contribution in [0.4, 0.5) is 0 Å². The normalized spacial score (nSPS) is 15.3. The molecule has 1 aliphatic carbocycles. The molecular formula is C16H23BrN2O. The minimum atomic E-state index is 0.0146. The van der Waals surface area contributed by atoms with Crippen molar-refractivity contribution in [3.63, 3.8) is 0 Å². The fraction of sp³-hybridized carbons (Fsp3) is 0.562. The molecule has 0 fully saturated rings. The van der Waals surface area contributed by atoms with Gasteiger partial charge in [0.05, 0.1) is 0 Å². The van der Waals surface area contributed by atoms with Gasteiger partial charge in [0.15, 0.2) is 0 Å². The second-order valence-corrected chi connectivity index (χ2v) is 6.57. The van der Waals surface area contributed by atoms with Gasteiger partial charge in [0.2, 0.25) is 0 Å². The van der Waals surface area contributed by atoms with Crippen LogP contribution >= 0.6 is 15.9 Å². The summed E-state index contributed by atoms with van der Waals surface area (Å²) < 4.78 is 2.95. The molecule has 2 rings (SSSR count). The van der Waals surface area contributed by atoms with E-state index < -0.39 is 0 Å². The number of nitrogens with one attached hydrogen (secondary N) is 1. The van der Waals surface area contributed by atoms with E-state index in [-0.39, 0.29) is 11.9 Å². The molecule has 0 radical (unpaired) electrons. The second kappa shape index (κ2) is 7.11. The van der Waals surface area contributed by atoms with Crippen LogP contribution in [0.15, 0.2) is 28.4 Å². The number of aromatic nitrogens is 1. The lowest BCUT2D eigenvalue weighted by Crippen LogP contribution is -2.27. The summed E-state index contributed by atoms with van der Waals surface area (Å²) >= 11 is 3.44. The molecule has 1 aromatic rings. The Balaban J connectivity index is 1.90. The van der Waals surface area contributed by atoms with Crippen molar-refractivity contribution < 1.29 is 4.79 Å². The largest absolute Gasteiger partial charge is 0.350 e. The maximum atomic E-state index is 12.3. The second-order valence-electron chi connectivity index (χ2n) is 5.66. The lowest BCUT2D eigenvalue weighted by molar-refractivity contribution is 0.0943. The van der Waals surface area contributed by atoms with Crippen LogP contribution < -0.4 is 5.32 Å². The van der Waals surface area contributed by atoms with Crippen LogP contribution in [-0.2, 0) is 0 Å². The van der Waals surface area contributed by atoms with Crippen molar-refractivity contribution in [2.75, 3.05) is 6.54 Å². The first-order valence-electron chi connectivity index (χ1n) is 7.41. The van der Waals surface area contributed by atoms with Crippen LogP contribution in [-0.4, -0.2) is 17.0 Å². The molecule has 0 bridgehead atoms. The summed E-state index contributed by atoms with van der Waals surface area (Å²) in [7, 11) is 0. The van der Waals surface area contributed by atoms with E-state index in [1.54, 1.807) is 0 Å². The van der Waals surface area contributed by atoms with Gasteiger partial charge < -0.3 is 9.88 Å². The van der Waals surface area contributed by atoms with Crippen LogP contribution in [0, 0.1) is 0 Å². The lowest BCUT2D eigenvalue weighted by atomic mass is 9.97. The summed E-state index contributed by atoms with van der Waals surface area (Å²) in [5.74, 6) is 0.0146. The van der Waals surface area contributed by atoms with Crippen molar-refractivity contribution in [1.29, 1.82) is 0 Å². The summed E-state index contributed by atoms with van der Waals surface area (Å²) in [6.07, 6.45) is 10.3. The quantitative estimate of drug-likeness (QED) is 0.790. The van der Waals surface area contributed by atoms with Crippen molar-refractivity contribution in [1.82, 2.24) is 9.88 Å². The van der Waals surface area contributed by atoms with Gasteiger partial charge >= 0.3 is 0 Å². The molecule has 110 valence electrons. The van der Waals surface area contributed by atoms with Gasteiger partial charge in [-0.1, -0.05) is 11.6 Å². The Kier molecular flexibility index (Phi) is 5.46. The predicted molar refractivity (Wildman–Crippen MR) is 86.0 cm³/mol. The Morgan fingerprint density at radius 1 is 1.45 bits per heavy atom. The van der Waals surface area contributed by atoms with E-state index in [0.29, 0.717) is 0 Å². The molecule has 0 saturated carbocycles. The third kappa shape index (κ3) is 3.98. The van der Waals surface area contributed by atoms with E-state index in [1.807, 2.05) is 16.8 Å². The number of carbonyl (C=O) groups is 1. The molecule has 4 heteroatoms. The molecule has 1 heterocycles. The van der Waals surface area contributed by atoms with Crippen molar-refractivity contribution in [3.05, 3.63) is 34.1 Å². The van der Waals surface area contributed by atoms with E-state index in [4.69, 9.17) is 0 Å². The fourth-order valence-corrected chi connectivity index (χ4v) is 3.05. The summed E-state index contributed by atoms with van der Waals surface area (Å²) in [4.78, 5) is 12.3. The number of rotatable bonds is 5. The van der Waals surface area contributed by atoms with Gasteiger partial charge in [-0.2, -0.15) is 0 Å². The fourth-order valence-electron chi connectivity index (χ4n) is 2.61. The number of allylic oxidation sites excluding steroid dienone is 1. The molecule has 3 nitrogen and oxygen atoms in total. The van der Waals surface area contributed by atoms with Gasteiger partial charge in [-0.25, -0.2) is 0 Å². The van der Waals surface area contributed by atoms with Crippen molar-refractivity contribution in [2.45, 2.75) is 52.0 Å². The maximum Gasteiger partial charge on any atom is 0.267 e. The van der Waals surface area contributed by atoms with Crippen LogP contribution in [0.2, 0.25) is 0 Å². The van der Waals surface area contributed by atoms with Crippen LogP contribution in [0.25, 0.3) is 0 Å². The standard InChI is InChI=1S/C16H23BrN2O/c1-12(2)19-11-14(17)10-15(19)16(20)18-9-8-13-6-4-3-5-7-13/h6,10-12H,3-5,7-9H2,1-2H3,(H,18,20). The van der Waals surface area contributed by atoms with Gasteiger partial charge in [-0.15, -0.1) is 0 Å². The van der Waals surface area contributed by atoms with Gasteiger partial charge in [-0.05, 0) is 67.9 Å². The first-order valence-corrected chi connectivity index (χ1v) is 8.20. The van der Waals surface area contributed by atoms with Crippen LogP contribution in [0.5, 0.6) is 0 Å². The van der Waals surface area contributed by atoms with E-state index in [0.717, 1.165) is 23.1 Å². The average molecular weight is 339 g/mol. The number of hydrogen-bond acceptors (Lipinski definition) is 1. The van der Waals surface area contributed by atoms with E-state index >= 15 is 0 Å². The first-order chi connectivity index (χ1) is 9.58. The van der Waals surface area contributed by atoms with Crippen molar-refractivity contribution in [3.8, 4) is 0 Å². The Morgan fingerprint density at radius 3 is 2.90 bits per heavy atom. The molecule has 0 unspecified atom stereocenters. The number of halogens is 1. The number of hydrogen-bond donors (Lipinski definition) is 1. The summed E-state index contributed by atoms with van der Waals surface area (Å²) in [6, 6.07) is 2.16. The molecule has 1 N–H and O–H groups in total. The Morgan fingerprint density at radius 2 is 2.25 bits per heavy atom. The molecule has 1 aromatic heterocycles. The first kappa shape index (κ1) is 15.4. The van der Waals surface area contributed by atoms with E-state index in [9.17, 15) is 4.79 Å². The van der Waals surface area contributed by atoms with E-state index in [1.165, 1.54) is 31.3 Å². The molecule has 0 atom stereocenters. The van der Waals surface area contributed by atoms with Gasteiger partial charge in [-0.3, -0.25) is 4.79 Å². The number of carbonyl (C=O) groups excluding carboxylic acids is 1. The zero-order valence-electron chi connectivity index (χ0n) is 12.3. The molecule has 1 amide bonds.